The number of amides is 1. The largest absolute Gasteiger partial charge is 0.325 e. The topological polar surface area (TPSA) is 76.9 Å². The summed E-state index contributed by atoms with van der Waals surface area (Å²) in [5.41, 5.74) is 2.25. The molecule has 1 amide bonds. The van der Waals surface area contributed by atoms with Crippen LogP contribution in [0.25, 0.3) is 21.5 Å². The summed E-state index contributed by atoms with van der Waals surface area (Å²) < 4.78 is 3.30. The Hall–Kier alpha value is -2.97. The molecule has 8 heteroatoms. The summed E-state index contributed by atoms with van der Waals surface area (Å²) in [6, 6.07) is 15.2. The molecule has 0 unspecified atom stereocenters. The number of anilines is 1. The van der Waals surface area contributed by atoms with E-state index >= 15 is 0 Å². The molecule has 158 valence electrons. The van der Waals surface area contributed by atoms with E-state index in [-0.39, 0.29) is 17.4 Å². The summed E-state index contributed by atoms with van der Waals surface area (Å²) in [6.07, 6.45) is 0.935. The Morgan fingerprint density at radius 2 is 1.97 bits per heavy atom. The van der Waals surface area contributed by atoms with Crippen LogP contribution in [-0.4, -0.2) is 32.2 Å². The molecule has 2 aromatic heterocycles. The number of hydrogen-bond donors (Lipinski definition) is 1. The van der Waals surface area contributed by atoms with Crippen molar-refractivity contribution in [2.45, 2.75) is 32.0 Å². The van der Waals surface area contributed by atoms with Crippen molar-refractivity contribution in [3.8, 4) is 11.4 Å². The average molecular weight is 451 g/mol. The van der Waals surface area contributed by atoms with Crippen LogP contribution < -0.4 is 5.32 Å². The summed E-state index contributed by atoms with van der Waals surface area (Å²) in [5, 5.41) is 15.7. The third-order valence-corrected chi connectivity index (χ3v) is 6.70. The molecule has 0 aliphatic rings. The molecule has 0 atom stereocenters. The quantitative estimate of drug-likeness (QED) is 0.283. The smallest absolute Gasteiger partial charge is 0.234 e. The maximum absolute atomic E-state index is 12.5. The van der Waals surface area contributed by atoms with Gasteiger partial charge in [0.25, 0.3) is 0 Å². The molecule has 0 radical (unpaired) electrons. The standard InChI is InChI=1S/C23H22N4O2S2/c1-3-11-27-22(19-13-30-20-10-5-4-9-18(19)20)25-26-23(27)31-14-21(29)24-17-8-6-7-16(12-17)15(2)28/h4-10,12-13H,3,11,14H2,1-2H3,(H,24,29). The van der Waals surface area contributed by atoms with Crippen molar-refractivity contribution >= 4 is 50.6 Å². The second-order valence-electron chi connectivity index (χ2n) is 7.08. The molecule has 0 fully saturated rings. The van der Waals surface area contributed by atoms with Gasteiger partial charge in [0, 0.05) is 38.8 Å². The first-order chi connectivity index (χ1) is 15.1. The van der Waals surface area contributed by atoms with Crippen molar-refractivity contribution in [3.05, 3.63) is 59.5 Å². The third kappa shape index (κ3) is 4.70. The SMILES string of the molecule is CCCn1c(SCC(=O)Nc2cccc(C(C)=O)c2)nnc1-c1csc2ccccc12. The van der Waals surface area contributed by atoms with Gasteiger partial charge in [-0.25, -0.2) is 0 Å². The molecule has 0 spiro atoms. The van der Waals surface area contributed by atoms with E-state index < -0.39 is 0 Å². The van der Waals surface area contributed by atoms with E-state index in [1.165, 1.54) is 23.4 Å². The van der Waals surface area contributed by atoms with Gasteiger partial charge in [-0.15, -0.1) is 21.5 Å². The van der Waals surface area contributed by atoms with Crippen molar-refractivity contribution in [3.63, 3.8) is 0 Å². The van der Waals surface area contributed by atoms with Crippen molar-refractivity contribution in [1.29, 1.82) is 0 Å². The van der Waals surface area contributed by atoms with E-state index in [0.29, 0.717) is 11.3 Å². The first-order valence-electron chi connectivity index (χ1n) is 10.00. The van der Waals surface area contributed by atoms with Gasteiger partial charge in [-0.05, 0) is 31.5 Å². The van der Waals surface area contributed by atoms with Gasteiger partial charge in [0.1, 0.15) is 0 Å². The first kappa shape index (κ1) is 21.3. The lowest BCUT2D eigenvalue weighted by atomic mass is 10.1. The minimum Gasteiger partial charge on any atom is -0.325 e. The normalized spacial score (nSPS) is 11.0. The molecule has 0 bridgehead atoms. The molecule has 2 heterocycles. The monoisotopic (exact) mass is 450 g/mol. The predicted molar refractivity (Wildman–Crippen MR) is 127 cm³/mol. The molecule has 0 aliphatic heterocycles. The van der Waals surface area contributed by atoms with Gasteiger partial charge in [-0.1, -0.05) is 49.0 Å². The lowest BCUT2D eigenvalue weighted by Gasteiger charge is -2.09. The Morgan fingerprint density at radius 3 is 2.77 bits per heavy atom. The summed E-state index contributed by atoms with van der Waals surface area (Å²) in [4.78, 5) is 24.0. The van der Waals surface area contributed by atoms with E-state index in [1.54, 1.807) is 35.6 Å². The highest BCUT2D eigenvalue weighted by Gasteiger charge is 2.18. The van der Waals surface area contributed by atoms with E-state index in [1.807, 2.05) is 12.1 Å². The van der Waals surface area contributed by atoms with Gasteiger partial charge in [-0.2, -0.15) is 0 Å². The van der Waals surface area contributed by atoms with Crippen LogP contribution in [0.1, 0.15) is 30.6 Å². The number of nitrogens with one attached hydrogen (secondary N) is 1. The van der Waals surface area contributed by atoms with Crippen LogP contribution >= 0.6 is 23.1 Å². The Labute approximate surface area is 188 Å². The number of thiophene rings is 1. The minimum absolute atomic E-state index is 0.0355. The minimum atomic E-state index is -0.153. The molecule has 2 aromatic carbocycles. The average Bonchev–Trinajstić information content (AvgIpc) is 3.36. The zero-order valence-corrected chi connectivity index (χ0v) is 18.9. The lowest BCUT2D eigenvalue weighted by molar-refractivity contribution is -0.113. The van der Waals surface area contributed by atoms with Crippen molar-refractivity contribution in [2.24, 2.45) is 0 Å². The second-order valence-corrected chi connectivity index (χ2v) is 8.93. The van der Waals surface area contributed by atoms with Crippen LogP contribution in [0.15, 0.2) is 59.1 Å². The van der Waals surface area contributed by atoms with Crippen LogP contribution in [0.2, 0.25) is 0 Å². The molecule has 6 nitrogen and oxygen atoms in total. The number of Topliss-reactive ketones (excluding diaryl/α,β-unsaturated/α-hetero) is 1. The number of rotatable bonds is 8. The van der Waals surface area contributed by atoms with Gasteiger partial charge >= 0.3 is 0 Å². The second kappa shape index (κ2) is 9.45. The van der Waals surface area contributed by atoms with Gasteiger partial charge < -0.3 is 9.88 Å². The van der Waals surface area contributed by atoms with Crippen LogP contribution in [0.3, 0.4) is 0 Å². The van der Waals surface area contributed by atoms with Gasteiger partial charge in [0.05, 0.1) is 5.75 Å². The number of aromatic nitrogens is 3. The number of thioether (sulfide) groups is 1. The van der Waals surface area contributed by atoms with Crippen molar-refractivity contribution in [2.75, 3.05) is 11.1 Å². The van der Waals surface area contributed by atoms with Crippen LogP contribution in [0.5, 0.6) is 0 Å². The fourth-order valence-corrected chi connectivity index (χ4v) is 5.02. The maximum atomic E-state index is 12.5. The van der Waals surface area contributed by atoms with Gasteiger partial charge in [-0.3, -0.25) is 9.59 Å². The summed E-state index contributed by atoms with van der Waals surface area (Å²) in [7, 11) is 0. The summed E-state index contributed by atoms with van der Waals surface area (Å²) >= 11 is 3.05. The highest BCUT2D eigenvalue weighted by Crippen LogP contribution is 2.34. The Bertz CT molecular complexity index is 1250. The Morgan fingerprint density at radius 1 is 1.13 bits per heavy atom. The molecule has 31 heavy (non-hydrogen) atoms. The molecular weight excluding hydrogens is 428 g/mol. The van der Waals surface area contributed by atoms with E-state index in [9.17, 15) is 9.59 Å². The third-order valence-electron chi connectivity index (χ3n) is 4.77. The fourth-order valence-electron chi connectivity index (χ4n) is 3.31. The summed E-state index contributed by atoms with van der Waals surface area (Å²) in [5.74, 6) is 0.846. The number of fused-ring (bicyclic) bond motifs is 1. The van der Waals surface area contributed by atoms with E-state index in [2.05, 4.69) is 44.5 Å². The van der Waals surface area contributed by atoms with E-state index in [0.717, 1.165) is 34.9 Å². The fraction of sp³-hybridized carbons (Fsp3) is 0.217. The maximum Gasteiger partial charge on any atom is 0.234 e. The lowest BCUT2D eigenvalue weighted by Crippen LogP contribution is -2.15. The highest BCUT2D eigenvalue weighted by molar-refractivity contribution is 7.99. The summed E-state index contributed by atoms with van der Waals surface area (Å²) in [6.45, 7) is 4.39. The molecular formula is C23H22N4O2S2. The van der Waals surface area contributed by atoms with Gasteiger partial charge in [0.15, 0.2) is 16.8 Å². The Kier molecular flexibility index (Phi) is 6.48. The predicted octanol–water partition coefficient (Wildman–Crippen LogP) is 5.50. The number of carbonyl (C=O) groups excluding carboxylic acids is 2. The Balaban J connectivity index is 1.51. The number of hydrogen-bond acceptors (Lipinski definition) is 6. The molecule has 0 aliphatic carbocycles. The van der Waals surface area contributed by atoms with Crippen LogP contribution in [0, 0.1) is 0 Å². The molecule has 0 saturated carbocycles. The molecule has 4 rings (SSSR count). The number of nitrogens with zero attached hydrogens (tertiary/aromatic N) is 3. The number of ketones is 1. The van der Waals surface area contributed by atoms with Crippen LogP contribution in [0.4, 0.5) is 5.69 Å². The van der Waals surface area contributed by atoms with Gasteiger partial charge in [0.2, 0.25) is 5.91 Å². The molecule has 0 saturated heterocycles. The van der Waals surface area contributed by atoms with Crippen molar-refractivity contribution < 1.29 is 9.59 Å². The number of carbonyl (C=O) groups is 2. The molecule has 1 N–H and O–H groups in total. The highest BCUT2D eigenvalue weighted by atomic mass is 32.2. The first-order valence-corrected chi connectivity index (χ1v) is 11.9. The van der Waals surface area contributed by atoms with Crippen molar-refractivity contribution in [1.82, 2.24) is 14.8 Å². The number of benzene rings is 2. The van der Waals surface area contributed by atoms with E-state index in [4.69, 9.17) is 0 Å². The zero-order valence-electron chi connectivity index (χ0n) is 17.3. The molecule has 4 aromatic rings. The van der Waals surface area contributed by atoms with Crippen LogP contribution in [-0.2, 0) is 11.3 Å². The zero-order chi connectivity index (χ0) is 21.8.